The van der Waals surface area contributed by atoms with Crippen LogP contribution in [0.5, 0.6) is 0 Å². The molecule has 2 saturated carbocycles. The van der Waals surface area contributed by atoms with E-state index in [2.05, 4.69) is 21.0 Å². The molecule has 4 atom stereocenters. The lowest BCUT2D eigenvalue weighted by Crippen LogP contribution is -2.48. The Kier molecular flexibility index (Phi) is 12.9. The summed E-state index contributed by atoms with van der Waals surface area (Å²) >= 11 is 6.30. The second-order valence-electron chi connectivity index (χ2n) is 13.3. The monoisotopic (exact) mass is 711 g/mol. The van der Waals surface area contributed by atoms with E-state index in [-0.39, 0.29) is 54.7 Å². The Balaban J connectivity index is 1.15. The van der Waals surface area contributed by atoms with E-state index in [1.165, 1.54) is 10.7 Å². The standard InChI is InChI=1S/C40H46ClN5O5/c41-31-18-8-7-17-30(31)24-42-39(48)34-23-35(40(49)44-33-20-10-12-22-37(33)51-27-29-15-5-2-6-16-29)46(45-34)25-38(47)43-32-19-9-11-21-36(32)50-26-28-13-3-1-4-14-28/h1-8,13-18,23,32-33,36-37H,9-12,19-22,24-27H2,(H,42,48)(H,43,47)(H,44,49)/t32-,33-,36-,37-/m0/s1. The molecule has 51 heavy (non-hydrogen) atoms. The highest BCUT2D eigenvalue weighted by Gasteiger charge is 2.31. The normalized spacial score (nSPS) is 20.3. The van der Waals surface area contributed by atoms with E-state index in [1.54, 1.807) is 6.07 Å². The van der Waals surface area contributed by atoms with Crippen LogP contribution in [0.4, 0.5) is 0 Å². The van der Waals surface area contributed by atoms with Crippen LogP contribution < -0.4 is 16.0 Å². The highest BCUT2D eigenvalue weighted by Crippen LogP contribution is 2.25. The number of halogens is 1. The summed E-state index contributed by atoms with van der Waals surface area (Å²) in [6.07, 6.45) is 6.90. The average molecular weight is 712 g/mol. The second-order valence-corrected chi connectivity index (χ2v) is 13.7. The molecule has 6 rings (SSSR count). The summed E-state index contributed by atoms with van der Waals surface area (Å²) in [6.45, 7) is 0.858. The van der Waals surface area contributed by atoms with Crippen molar-refractivity contribution < 1.29 is 23.9 Å². The van der Waals surface area contributed by atoms with Crippen molar-refractivity contribution in [3.63, 3.8) is 0 Å². The van der Waals surface area contributed by atoms with Crippen LogP contribution in [0.15, 0.2) is 91.0 Å². The highest BCUT2D eigenvalue weighted by molar-refractivity contribution is 6.31. The molecule has 0 bridgehead atoms. The molecule has 4 aromatic rings. The fourth-order valence-electron chi connectivity index (χ4n) is 6.85. The van der Waals surface area contributed by atoms with Crippen LogP contribution in [0.1, 0.15) is 89.0 Å². The van der Waals surface area contributed by atoms with Crippen molar-refractivity contribution in [3.8, 4) is 0 Å². The molecule has 11 heteroatoms. The van der Waals surface area contributed by atoms with Gasteiger partial charge >= 0.3 is 0 Å². The Labute approximate surface area is 304 Å². The number of carbonyl (C=O) groups is 3. The Morgan fingerprint density at radius 2 is 1.25 bits per heavy atom. The molecule has 0 saturated heterocycles. The molecule has 2 fully saturated rings. The first-order valence-electron chi connectivity index (χ1n) is 17.9. The third-order valence-electron chi connectivity index (χ3n) is 9.62. The van der Waals surface area contributed by atoms with Crippen molar-refractivity contribution >= 4 is 29.3 Å². The summed E-state index contributed by atoms with van der Waals surface area (Å²) in [7, 11) is 0. The molecule has 0 radical (unpaired) electrons. The number of aromatic nitrogens is 2. The lowest BCUT2D eigenvalue weighted by Gasteiger charge is -2.32. The van der Waals surface area contributed by atoms with Gasteiger partial charge in [-0.05, 0) is 48.4 Å². The molecule has 268 valence electrons. The maximum atomic E-state index is 13.9. The van der Waals surface area contributed by atoms with Gasteiger partial charge in [-0.3, -0.25) is 14.4 Å². The zero-order valence-corrected chi connectivity index (χ0v) is 29.5. The molecule has 2 aliphatic carbocycles. The van der Waals surface area contributed by atoms with Gasteiger partial charge in [0.15, 0.2) is 5.69 Å². The minimum Gasteiger partial charge on any atom is -0.371 e. The highest BCUT2D eigenvalue weighted by atomic mass is 35.5. The van der Waals surface area contributed by atoms with E-state index in [1.807, 2.05) is 78.9 Å². The van der Waals surface area contributed by atoms with Crippen LogP contribution in [0.2, 0.25) is 5.02 Å². The van der Waals surface area contributed by atoms with Crippen LogP contribution in [0, 0.1) is 0 Å². The largest absolute Gasteiger partial charge is 0.371 e. The Morgan fingerprint density at radius 3 is 1.86 bits per heavy atom. The smallest absolute Gasteiger partial charge is 0.272 e. The van der Waals surface area contributed by atoms with Crippen LogP contribution in [-0.4, -0.2) is 51.8 Å². The predicted octanol–water partition coefficient (Wildman–Crippen LogP) is 6.37. The quantitative estimate of drug-likeness (QED) is 0.140. The number of hydrogen-bond acceptors (Lipinski definition) is 6. The number of ether oxygens (including phenoxy) is 2. The molecule has 10 nitrogen and oxygen atoms in total. The summed E-state index contributed by atoms with van der Waals surface area (Å²) in [4.78, 5) is 40.8. The van der Waals surface area contributed by atoms with Crippen LogP contribution >= 0.6 is 11.6 Å². The van der Waals surface area contributed by atoms with Gasteiger partial charge in [0, 0.05) is 17.6 Å². The third kappa shape index (κ3) is 10.3. The molecule has 0 spiro atoms. The zero-order valence-electron chi connectivity index (χ0n) is 28.8. The van der Waals surface area contributed by atoms with E-state index in [4.69, 9.17) is 21.1 Å². The topological polar surface area (TPSA) is 124 Å². The Bertz CT molecular complexity index is 1750. The first-order chi connectivity index (χ1) is 24.9. The van der Waals surface area contributed by atoms with Gasteiger partial charge in [-0.15, -0.1) is 0 Å². The van der Waals surface area contributed by atoms with Crippen LogP contribution in [0.3, 0.4) is 0 Å². The first-order valence-corrected chi connectivity index (χ1v) is 18.3. The first kappa shape index (κ1) is 36.3. The zero-order chi connectivity index (χ0) is 35.4. The minimum absolute atomic E-state index is 0.0299. The molecular formula is C40H46ClN5O5. The number of carbonyl (C=O) groups excluding carboxylic acids is 3. The number of hydrogen-bond donors (Lipinski definition) is 3. The van der Waals surface area contributed by atoms with Gasteiger partial charge in [0.1, 0.15) is 12.2 Å². The number of nitrogens with one attached hydrogen (secondary N) is 3. The molecule has 0 aliphatic heterocycles. The fraction of sp³-hybridized carbons (Fsp3) is 0.400. The van der Waals surface area contributed by atoms with Gasteiger partial charge in [-0.25, -0.2) is 4.68 Å². The maximum Gasteiger partial charge on any atom is 0.272 e. The second kappa shape index (κ2) is 18.1. The number of nitrogens with zero attached hydrogens (tertiary/aromatic N) is 2. The van der Waals surface area contributed by atoms with Crippen molar-refractivity contribution in [3.05, 3.63) is 124 Å². The van der Waals surface area contributed by atoms with E-state index in [9.17, 15) is 14.4 Å². The summed E-state index contributed by atoms with van der Waals surface area (Å²) in [6, 6.07) is 28.2. The van der Waals surface area contributed by atoms with E-state index in [0.717, 1.165) is 68.1 Å². The lowest BCUT2D eigenvalue weighted by molar-refractivity contribution is -0.124. The molecule has 1 heterocycles. The molecule has 3 aromatic carbocycles. The van der Waals surface area contributed by atoms with E-state index in [0.29, 0.717) is 18.2 Å². The minimum atomic E-state index is -0.480. The molecule has 0 unspecified atom stereocenters. The lowest BCUT2D eigenvalue weighted by atomic mass is 9.92. The summed E-state index contributed by atoms with van der Waals surface area (Å²) in [5.41, 5.74) is 3.05. The van der Waals surface area contributed by atoms with Gasteiger partial charge < -0.3 is 25.4 Å². The molecule has 1 aromatic heterocycles. The van der Waals surface area contributed by atoms with Crippen molar-refractivity contribution in [2.75, 3.05) is 0 Å². The van der Waals surface area contributed by atoms with Gasteiger partial charge in [-0.2, -0.15) is 5.10 Å². The maximum absolute atomic E-state index is 13.9. The fourth-order valence-corrected chi connectivity index (χ4v) is 7.05. The predicted molar refractivity (Wildman–Crippen MR) is 195 cm³/mol. The van der Waals surface area contributed by atoms with Gasteiger partial charge in [-0.1, -0.05) is 116 Å². The van der Waals surface area contributed by atoms with Crippen LogP contribution in [0.25, 0.3) is 0 Å². The Hall–Kier alpha value is -4.51. The van der Waals surface area contributed by atoms with Crippen molar-refractivity contribution in [1.29, 1.82) is 0 Å². The van der Waals surface area contributed by atoms with Gasteiger partial charge in [0.2, 0.25) is 5.91 Å². The van der Waals surface area contributed by atoms with Gasteiger partial charge in [0.05, 0.1) is 37.5 Å². The van der Waals surface area contributed by atoms with Gasteiger partial charge in [0.25, 0.3) is 11.8 Å². The number of benzene rings is 3. The number of rotatable bonds is 14. The average Bonchev–Trinajstić information content (AvgIpc) is 3.58. The molecule has 3 N–H and O–H groups in total. The van der Waals surface area contributed by atoms with Crippen molar-refractivity contribution in [2.24, 2.45) is 0 Å². The SMILES string of the molecule is O=C(Cn1nc(C(=O)NCc2ccccc2Cl)cc1C(=O)N[C@H]1CCCC[C@@H]1OCc1ccccc1)N[C@H]1CCCC[C@@H]1OCc1ccccc1. The summed E-state index contributed by atoms with van der Waals surface area (Å²) in [5.74, 6) is -1.20. The van der Waals surface area contributed by atoms with Crippen molar-refractivity contribution in [2.45, 2.75) is 102 Å². The molecular weight excluding hydrogens is 666 g/mol. The van der Waals surface area contributed by atoms with Crippen LogP contribution in [-0.2, 0) is 40.6 Å². The molecule has 3 amide bonds. The van der Waals surface area contributed by atoms with Crippen molar-refractivity contribution in [1.82, 2.24) is 25.7 Å². The number of amides is 3. The van der Waals surface area contributed by atoms with E-state index >= 15 is 0 Å². The van der Waals surface area contributed by atoms with E-state index < -0.39 is 11.8 Å². The molecule has 2 aliphatic rings. The summed E-state index contributed by atoms with van der Waals surface area (Å²) in [5, 5.41) is 14.1. The third-order valence-corrected chi connectivity index (χ3v) is 9.99. The summed E-state index contributed by atoms with van der Waals surface area (Å²) < 4.78 is 13.9. The Morgan fingerprint density at radius 1 is 0.706 bits per heavy atom.